The number of carbonyl (C=O) groups excluding carboxylic acids is 1. The number of piperidine rings is 1. The van der Waals surface area contributed by atoms with Gasteiger partial charge in [-0.2, -0.15) is 0 Å². The normalized spacial score (nSPS) is 16.1. The highest BCUT2D eigenvalue weighted by atomic mass is 16.2. The molecule has 0 spiro atoms. The molecule has 28 heavy (non-hydrogen) atoms. The summed E-state index contributed by atoms with van der Waals surface area (Å²) in [6.45, 7) is 10.4. The first kappa shape index (κ1) is 22.2. The van der Waals surface area contributed by atoms with E-state index in [0.29, 0.717) is 12.1 Å². The minimum Gasteiger partial charge on any atom is -0.357 e. The van der Waals surface area contributed by atoms with Gasteiger partial charge in [0.2, 0.25) is 0 Å². The van der Waals surface area contributed by atoms with Gasteiger partial charge >= 0.3 is 0 Å². The van der Waals surface area contributed by atoms with E-state index in [2.05, 4.69) is 34.4 Å². The summed E-state index contributed by atoms with van der Waals surface area (Å²) in [4.78, 5) is 20.8. The quantitative estimate of drug-likeness (QED) is 0.409. The van der Waals surface area contributed by atoms with Crippen LogP contribution in [0.25, 0.3) is 0 Å². The molecule has 1 fully saturated rings. The molecular weight excluding hydrogens is 350 g/mol. The third kappa shape index (κ3) is 7.50. The van der Waals surface area contributed by atoms with E-state index in [1.165, 1.54) is 25.9 Å². The number of guanidine groups is 1. The second-order valence-corrected chi connectivity index (χ2v) is 7.90. The lowest BCUT2D eigenvalue weighted by Crippen LogP contribution is -2.39. The smallest absolute Gasteiger partial charge is 0.253 e. The molecule has 2 N–H and O–H groups in total. The number of rotatable bonds is 8. The van der Waals surface area contributed by atoms with Crippen LogP contribution in [0.1, 0.15) is 49.0 Å². The summed E-state index contributed by atoms with van der Waals surface area (Å²) in [5, 5.41) is 6.74. The second kappa shape index (κ2) is 11.7. The summed E-state index contributed by atoms with van der Waals surface area (Å²) in [6, 6.07) is 7.68. The Labute approximate surface area is 170 Å². The SMILES string of the molecule is CCNC(=NCc1ccc(C(=O)N(C)C)cc1)NCCCN1CCC(C)CC1. The van der Waals surface area contributed by atoms with Crippen LogP contribution in [-0.4, -0.2) is 68.5 Å². The van der Waals surface area contributed by atoms with Gasteiger partial charge in [-0.15, -0.1) is 0 Å². The summed E-state index contributed by atoms with van der Waals surface area (Å²) in [5.41, 5.74) is 1.80. The van der Waals surface area contributed by atoms with Crippen molar-refractivity contribution >= 4 is 11.9 Å². The molecule has 6 nitrogen and oxygen atoms in total. The van der Waals surface area contributed by atoms with E-state index in [0.717, 1.165) is 43.5 Å². The minimum atomic E-state index is 0.0215. The fraction of sp³-hybridized carbons (Fsp3) is 0.636. The fourth-order valence-corrected chi connectivity index (χ4v) is 3.32. The van der Waals surface area contributed by atoms with Gasteiger partial charge in [-0.25, -0.2) is 4.99 Å². The Hall–Kier alpha value is -2.08. The molecule has 2 rings (SSSR count). The van der Waals surface area contributed by atoms with Crippen molar-refractivity contribution in [3.8, 4) is 0 Å². The highest BCUT2D eigenvalue weighted by Gasteiger charge is 2.14. The zero-order chi connectivity index (χ0) is 20.4. The van der Waals surface area contributed by atoms with Gasteiger partial charge in [0.05, 0.1) is 6.54 Å². The van der Waals surface area contributed by atoms with Crippen molar-refractivity contribution in [2.45, 2.75) is 39.7 Å². The summed E-state index contributed by atoms with van der Waals surface area (Å²) < 4.78 is 0. The topological polar surface area (TPSA) is 60.0 Å². The average Bonchev–Trinajstić information content (AvgIpc) is 2.70. The average molecular weight is 388 g/mol. The van der Waals surface area contributed by atoms with Crippen LogP contribution in [0.5, 0.6) is 0 Å². The van der Waals surface area contributed by atoms with Crippen LogP contribution in [0.4, 0.5) is 0 Å². The molecule has 1 amide bonds. The van der Waals surface area contributed by atoms with Gasteiger partial charge in [0.15, 0.2) is 5.96 Å². The first-order valence-corrected chi connectivity index (χ1v) is 10.5. The van der Waals surface area contributed by atoms with Crippen molar-refractivity contribution in [1.82, 2.24) is 20.4 Å². The van der Waals surface area contributed by atoms with Gasteiger partial charge in [-0.1, -0.05) is 19.1 Å². The van der Waals surface area contributed by atoms with E-state index in [1.807, 2.05) is 24.3 Å². The Balaban J connectivity index is 1.77. The Morgan fingerprint density at radius 3 is 2.46 bits per heavy atom. The Morgan fingerprint density at radius 1 is 1.18 bits per heavy atom. The highest BCUT2D eigenvalue weighted by molar-refractivity contribution is 5.93. The lowest BCUT2D eigenvalue weighted by atomic mass is 9.99. The van der Waals surface area contributed by atoms with E-state index in [-0.39, 0.29) is 5.91 Å². The number of aliphatic imine (C=N–C) groups is 1. The van der Waals surface area contributed by atoms with Gasteiger partial charge in [0.25, 0.3) is 5.91 Å². The molecule has 0 atom stereocenters. The molecule has 0 aromatic heterocycles. The van der Waals surface area contributed by atoms with Gasteiger partial charge in [-0.3, -0.25) is 4.79 Å². The molecule has 156 valence electrons. The summed E-state index contributed by atoms with van der Waals surface area (Å²) in [5.74, 6) is 1.76. The Morgan fingerprint density at radius 2 is 1.86 bits per heavy atom. The lowest BCUT2D eigenvalue weighted by Gasteiger charge is -2.30. The van der Waals surface area contributed by atoms with Crippen LogP contribution in [0.2, 0.25) is 0 Å². The number of nitrogens with one attached hydrogen (secondary N) is 2. The standard InChI is InChI=1S/C22H37N5O/c1-5-23-22(24-13-6-14-27-15-11-18(2)12-16-27)25-17-19-7-9-20(10-8-19)21(28)26(3)4/h7-10,18H,5-6,11-17H2,1-4H3,(H2,23,24,25). The van der Waals surface area contributed by atoms with Crippen molar-refractivity contribution in [2.75, 3.05) is 46.8 Å². The molecule has 0 aliphatic carbocycles. The molecule has 0 bridgehead atoms. The molecular formula is C22H37N5O. The number of amides is 1. The van der Waals surface area contributed by atoms with Gasteiger partial charge in [-0.05, 0) is 69.4 Å². The van der Waals surface area contributed by atoms with Gasteiger partial charge in [0, 0.05) is 32.7 Å². The summed E-state index contributed by atoms with van der Waals surface area (Å²) in [7, 11) is 3.53. The fourth-order valence-electron chi connectivity index (χ4n) is 3.32. The minimum absolute atomic E-state index is 0.0215. The predicted octanol–water partition coefficient (Wildman–Crippen LogP) is 2.57. The number of nitrogens with zero attached hydrogens (tertiary/aromatic N) is 3. The van der Waals surface area contributed by atoms with Crippen LogP contribution >= 0.6 is 0 Å². The van der Waals surface area contributed by atoms with E-state index >= 15 is 0 Å². The first-order valence-electron chi connectivity index (χ1n) is 10.5. The van der Waals surface area contributed by atoms with Crippen LogP contribution in [0.15, 0.2) is 29.3 Å². The molecule has 1 aliphatic rings. The van der Waals surface area contributed by atoms with Crippen LogP contribution in [-0.2, 0) is 6.54 Å². The molecule has 0 saturated carbocycles. The van der Waals surface area contributed by atoms with Crippen LogP contribution in [0.3, 0.4) is 0 Å². The summed E-state index contributed by atoms with van der Waals surface area (Å²) >= 11 is 0. The van der Waals surface area contributed by atoms with Crippen LogP contribution in [0, 0.1) is 5.92 Å². The van der Waals surface area contributed by atoms with Gasteiger partial charge < -0.3 is 20.4 Å². The van der Waals surface area contributed by atoms with E-state index < -0.39 is 0 Å². The molecule has 0 unspecified atom stereocenters. The van der Waals surface area contributed by atoms with E-state index in [4.69, 9.17) is 0 Å². The third-order valence-corrected chi connectivity index (χ3v) is 5.19. The monoisotopic (exact) mass is 387 g/mol. The van der Waals surface area contributed by atoms with Crippen molar-refractivity contribution < 1.29 is 4.79 Å². The molecule has 1 aromatic rings. The van der Waals surface area contributed by atoms with E-state index in [9.17, 15) is 4.79 Å². The van der Waals surface area contributed by atoms with Crippen LogP contribution < -0.4 is 10.6 Å². The van der Waals surface area contributed by atoms with E-state index in [1.54, 1.807) is 19.0 Å². The first-order chi connectivity index (χ1) is 13.5. The molecule has 0 radical (unpaired) electrons. The van der Waals surface area contributed by atoms with Crippen molar-refractivity contribution in [3.63, 3.8) is 0 Å². The summed E-state index contributed by atoms with van der Waals surface area (Å²) in [6.07, 6.45) is 3.78. The Bertz CT molecular complexity index is 618. The number of benzene rings is 1. The third-order valence-electron chi connectivity index (χ3n) is 5.19. The molecule has 1 saturated heterocycles. The zero-order valence-corrected chi connectivity index (χ0v) is 18.0. The van der Waals surface area contributed by atoms with Crippen molar-refractivity contribution in [2.24, 2.45) is 10.9 Å². The maximum absolute atomic E-state index is 12.0. The maximum Gasteiger partial charge on any atom is 0.253 e. The number of hydrogen-bond acceptors (Lipinski definition) is 3. The highest BCUT2D eigenvalue weighted by Crippen LogP contribution is 2.15. The molecule has 6 heteroatoms. The number of carbonyl (C=O) groups is 1. The lowest BCUT2D eigenvalue weighted by molar-refractivity contribution is 0.0827. The Kier molecular flexibility index (Phi) is 9.28. The molecule has 1 aliphatic heterocycles. The largest absolute Gasteiger partial charge is 0.357 e. The number of likely N-dealkylation sites (tertiary alicyclic amines) is 1. The second-order valence-electron chi connectivity index (χ2n) is 7.90. The zero-order valence-electron chi connectivity index (χ0n) is 18.0. The predicted molar refractivity (Wildman–Crippen MR) is 117 cm³/mol. The molecule has 1 aromatic carbocycles. The van der Waals surface area contributed by atoms with Crippen molar-refractivity contribution in [1.29, 1.82) is 0 Å². The maximum atomic E-state index is 12.0. The molecule has 1 heterocycles. The van der Waals surface area contributed by atoms with Crippen molar-refractivity contribution in [3.05, 3.63) is 35.4 Å². The number of hydrogen-bond donors (Lipinski definition) is 2. The van der Waals surface area contributed by atoms with Gasteiger partial charge in [0.1, 0.15) is 0 Å².